The molecular weight excluding hydrogens is 219 g/mol. The first-order valence-corrected chi connectivity index (χ1v) is 5.54. The van der Waals surface area contributed by atoms with E-state index in [4.69, 9.17) is 0 Å². The van der Waals surface area contributed by atoms with Crippen molar-refractivity contribution < 1.29 is 9.18 Å². The second-order valence-electron chi connectivity index (χ2n) is 4.13. The summed E-state index contributed by atoms with van der Waals surface area (Å²) in [7, 11) is 0. The van der Waals surface area contributed by atoms with Gasteiger partial charge in [0.1, 0.15) is 5.82 Å². The van der Waals surface area contributed by atoms with Gasteiger partial charge in [-0.3, -0.25) is 0 Å². The maximum atomic E-state index is 12.6. The van der Waals surface area contributed by atoms with Crippen LogP contribution in [-0.4, -0.2) is 12.6 Å². The molecule has 92 valence electrons. The summed E-state index contributed by atoms with van der Waals surface area (Å²) in [6, 6.07) is 5.79. The van der Waals surface area contributed by atoms with E-state index in [1.807, 2.05) is 13.8 Å². The Bertz CT molecular complexity index is 385. The highest BCUT2D eigenvalue weighted by atomic mass is 19.1. The molecule has 2 N–H and O–H groups in total. The quantitative estimate of drug-likeness (QED) is 0.829. The van der Waals surface area contributed by atoms with E-state index >= 15 is 0 Å². The van der Waals surface area contributed by atoms with E-state index in [0.717, 1.165) is 5.56 Å². The van der Waals surface area contributed by atoms with Crippen molar-refractivity contribution in [2.45, 2.75) is 13.8 Å². The average molecular weight is 236 g/mol. The molecule has 0 atom stereocenters. The second kappa shape index (κ2) is 6.68. The van der Waals surface area contributed by atoms with E-state index in [1.54, 1.807) is 18.2 Å². The molecule has 17 heavy (non-hydrogen) atoms. The fourth-order valence-electron chi connectivity index (χ4n) is 1.14. The van der Waals surface area contributed by atoms with E-state index in [1.165, 1.54) is 18.3 Å². The second-order valence-corrected chi connectivity index (χ2v) is 4.13. The lowest BCUT2D eigenvalue weighted by molar-refractivity contribution is 0.243. The predicted octanol–water partition coefficient (Wildman–Crippen LogP) is 2.75. The third kappa shape index (κ3) is 5.70. The Labute approximate surface area is 101 Å². The molecule has 0 fully saturated rings. The van der Waals surface area contributed by atoms with Gasteiger partial charge in [-0.05, 0) is 29.7 Å². The summed E-state index contributed by atoms with van der Waals surface area (Å²) in [5.74, 6) is 0.145. The van der Waals surface area contributed by atoms with Crippen molar-refractivity contribution in [1.82, 2.24) is 10.6 Å². The van der Waals surface area contributed by atoms with Crippen molar-refractivity contribution in [3.63, 3.8) is 0 Å². The molecule has 3 nitrogen and oxygen atoms in total. The zero-order valence-corrected chi connectivity index (χ0v) is 10.0. The first kappa shape index (κ1) is 13.2. The maximum Gasteiger partial charge on any atom is 0.318 e. The van der Waals surface area contributed by atoms with Crippen LogP contribution in [0.25, 0.3) is 6.08 Å². The Morgan fingerprint density at radius 2 is 2.00 bits per heavy atom. The number of amides is 2. The zero-order valence-electron chi connectivity index (χ0n) is 10.0. The molecule has 2 amide bonds. The lowest BCUT2D eigenvalue weighted by atomic mass is 10.2. The van der Waals surface area contributed by atoms with Gasteiger partial charge >= 0.3 is 6.03 Å². The SMILES string of the molecule is CC(C)CNC(=O)N/C=C/c1ccc(F)cc1. The largest absolute Gasteiger partial charge is 0.338 e. The van der Waals surface area contributed by atoms with Gasteiger partial charge < -0.3 is 10.6 Å². The number of urea groups is 1. The monoisotopic (exact) mass is 236 g/mol. The molecule has 0 aromatic heterocycles. The zero-order chi connectivity index (χ0) is 12.7. The summed E-state index contributed by atoms with van der Waals surface area (Å²) in [5.41, 5.74) is 0.829. The van der Waals surface area contributed by atoms with Crippen molar-refractivity contribution >= 4 is 12.1 Å². The minimum Gasteiger partial charge on any atom is -0.338 e. The lowest BCUT2D eigenvalue weighted by Crippen LogP contribution is -2.34. The van der Waals surface area contributed by atoms with Crippen LogP contribution in [0, 0.1) is 11.7 Å². The molecule has 1 rings (SSSR count). The van der Waals surface area contributed by atoms with Crippen LogP contribution in [-0.2, 0) is 0 Å². The van der Waals surface area contributed by atoms with Gasteiger partial charge in [0.25, 0.3) is 0 Å². The van der Waals surface area contributed by atoms with Gasteiger partial charge in [-0.25, -0.2) is 9.18 Å². The average Bonchev–Trinajstić information content (AvgIpc) is 2.29. The number of rotatable bonds is 4. The van der Waals surface area contributed by atoms with Crippen molar-refractivity contribution in [3.05, 3.63) is 41.8 Å². The van der Waals surface area contributed by atoms with Crippen LogP contribution in [0.1, 0.15) is 19.4 Å². The third-order valence-corrected chi connectivity index (χ3v) is 2.03. The summed E-state index contributed by atoms with van der Waals surface area (Å²) < 4.78 is 12.6. The number of halogens is 1. The molecule has 0 spiro atoms. The molecule has 0 aliphatic carbocycles. The van der Waals surface area contributed by atoms with E-state index in [9.17, 15) is 9.18 Å². The molecule has 0 unspecified atom stereocenters. The molecule has 0 bridgehead atoms. The molecule has 4 heteroatoms. The molecule has 0 heterocycles. The highest BCUT2D eigenvalue weighted by molar-refractivity contribution is 5.75. The topological polar surface area (TPSA) is 41.1 Å². The van der Waals surface area contributed by atoms with Crippen LogP contribution < -0.4 is 10.6 Å². The van der Waals surface area contributed by atoms with Gasteiger partial charge in [-0.1, -0.05) is 26.0 Å². The standard InChI is InChI=1S/C13H17FN2O/c1-10(2)9-16-13(17)15-8-7-11-3-5-12(14)6-4-11/h3-8,10H,9H2,1-2H3,(H2,15,16,17)/b8-7+. The summed E-state index contributed by atoms with van der Waals surface area (Å²) in [5, 5.41) is 5.29. The maximum absolute atomic E-state index is 12.6. The molecule has 1 aromatic rings. The lowest BCUT2D eigenvalue weighted by Gasteiger charge is -2.06. The normalized spacial score (nSPS) is 10.8. The minimum absolute atomic E-state index is 0.239. The Morgan fingerprint density at radius 3 is 2.59 bits per heavy atom. The fraction of sp³-hybridized carbons (Fsp3) is 0.308. The van der Waals surface area contributed by atoms with Crippen molar-refractivity contribution in [3.8, 4) is 0 Å². The van der Waals surface area contributed by atoms with Gasteiger partial charge in [0.15, 0.2) is 0 Å². The van der Waals surface area contributed by atoms with Crippen LogP contribution in [0.3, 0.4) is 0 Å². The Balaban J connectivity index is 2.34. The molecular formula is C13H17FN2O. The van der Waals surface area contributed by atoms with Crippen molar-refractivity contribution in [2.75, 3.05) is 6.54 Å². The molecule has 0 saturated heterocycles. The molecule has 1 aromatic carbocycles. The Morgan fingerprint density at radius 1 is 1.35 bits per heavy atom. The van der Waals surface area contributed by atoms with Crippen LogP contribution in [0.2, 0.25) is 0 Å². The van der Waals surface area contributed by atoms with Crippen LogP contribution in [0.4, 0.5) is 9.18 Å². The summed E-state index contributed by atoms with van der Waals surface area (Å²) >= 11 is 0. The number of nitrogens with one attached hydrogen (secondary N) is 2. The Hall–Kier alpha value is -1.84. The highest BCUT2D eigenvalue weighted by Crippen LogP contribution is 2.03. The first-order valence-electron chi connectivity index (χ1n) is 5.54. The minimum atomic E-state index is -0.273. The predicted molar refractivity (Wildman–Crippen MR) is 66.8 cm³/mol. The Kier molecular flexibility index (Phi) is 5.20. The first-order chi connectivity index (χ1) is 8.08. The van der Waals surface area contributed by atoms with E-state index in [-0.39, 0.29) is 11.8 Å². The number of hydrogen-bond donors (Lipinski definition) is 2. The van der Waals surface area contributed by atoms with Gasteiger partial charge in [0.05, 0.1) is 0 Å². The van der Waals surface area contributed by atoms with Crippen LogP contribution in [0.15, 0.2) is 30.5 Å². The van der Waals surface area contributed by atoms with Crippen LogP contribution >= 0.6 is 0 Å². The smallest absolute Gasteiger partial charge is 0.318 e. The van der Waals surface area contributed by atoms with E-state index in [2.05, 4.69) is 10.6 Å². The molecule has 0 aliphatic heterocycles. The van der Waals surface area contributed by atoms with Crippen molar-refractivity contribution in [1.29, 1.82) is 0 Å². The third-order valence-electron chi connectivity index (χ3n) is 2.03. The summed E-state index contributed by atoms with van der Waals surface area (Å²) in [6.07, 6.45) is 3.23. The number of carbonyl (C=O) groups excluding carboxylic acids is 1. The molecule has 0 aliphatic rings. The fourth-order valence-corrected chi connectivity index (χ4v) is 1.14. The van der Waals surface area contributed by atoms with Crippen molar-refractivity contribution in [2.24, 2.45) is 5.92 Å². The van der Waals surface area contributed by atoms with Gasteiger partial charge in [-0.15, -0.1) is 0 Å². The highest BCUT2D eigenvalue weighted by Gasteiger charge is 1.97. The molecule has 0 radical (unpaired) electrons. The van der Waals surface area contributed by atoms with Gasteiger partial charge in [0.2, 0.25) is 0 Å². The number of benzene rings is 1. The number of carbonyl (C=O) groups is 1. The summed E-state index contributed by atoms with van der Waals surface area (Å²) in [4.78, 5) is 11.3. The van der Waals surface area contributed by atoms with Gasteiger partial charge in [0, 0.05) is 12.7 Å². The van der Waals surface area contributed by atoms with E-state index in [0.29, 0.717) is 12.5 Å². The van der Waals surface area contributed by atoms with Gasteiger partial charge in [-0.2, -0.15) is 0 Å². The van der Waals surface area contributed by atoms with Crippen LogP contribution in [0.5, 0.6) is 0 Å². The number of hydrogen-bond acceptors (Lipinski definition) is 1. The molecule has 0 saturated carbocycles. The van der Waals surface area contributed by atoms with E-state index < -0.39 is 0 Å². The summed E-state index contributed by atoms with van der Waals surface area (Å²) in [6.45, 7) is 4.68.